The van der Waals surface area contributed by atoms with Crippen molar-refractivity contribution >= 4 is 11.6 Å². The maximum atomic E-state index is 14.5. The average Bonchev–Trinajstić information content (AvgIpc) is 2.81. The van der Waals surface area contributed by atoms with E-state index in [0.717, 1.165) is 0 Å². The van der Waals surface area contributed by atoms with Gasteiger partial charge in [0.1, 0.15) is 5.82 Å². The molecule has 6 nitrogen and oxygen atoms in total. The molecule has 0 aliphatic rings. The minimum Gasteiger partial charge on any atom is -0.435 e. The Labute approximate surface area is 178 Å². The van der Waals surface area contributed by atoms with Crippen LogP contribution in [0, 0.1) is 5.82 Å². The maximum absolute atomic E-state index is 14.5. The largest absolute Gasteiger partial charge is 0.435 e. The van der Waals surface area contributed by atoms with E-state index < -0.39 is 5.82 Å². The molecular formula is C24H19FN4O2. The number of carbonyl (C=O) groups is 1. The van der Waals surface area contributed by atoms with Gasteiger partial charge in [0, 0.05) is 30.1 Å². The molecule has 4 aromatic rings. The molecule has 2 aromatic heterocycles. The zero-order chi connectivity index (χ0) is 21.6. The average molecular weight is 414 g/mol. The van der Waals surface area contributed by atoms with E-state index in [2.05, 4.69) is 20.3 Å². The number of ether oxygens (including phenoxy) is 1. The molecule has 0 unspecified atom stereocenters. The Bertz CT molecular complexity index is 1220. The van der Waals surface area contributed by atoms with Crippen LogP contribution in [0.5, 0.6) is 11.6 Å². The van der Waals surface area contributed by atoms with Crippen LogP contribution in [0.25, 0.3) is 11.3 Å². The summed E-state index contributed by atoms with van der Waals surface area (Å²) >= 11 is 0. The van der Waals surface area contributed by atoms with Crippen molar-refractivity contribution in [2.45, 2.75) is 13.3 Å². The number of rotatable bonds is 6. The maximum Gasteiger partial charge on any atom is 0.255 e. The summed E-state index contributed by atoms with van der Waals surface area (Å²) in [6.45, 7) is 1.96. The Morgan fingerprint density at radius 1 is 1.00 bits per heavy atom. The fourth-order valence-electron chi connectivity index (χ4n) is 2.94. The van der Waals surface area contributed by atoms with E-state index in [1.807, 2.05) is 25.1 Å². The molecule has 0 radical (unpaired) electrons. The van der Waals surface area contributed by atoms with Crippen LogP contribution in [0.1, 0.15) is 23.1 Å². The van der Waals surface area contributed by atoms with Crippen molar-refractivity contribution in [3.8, 4) is 22.9 Å². The van der Waals surface area contributed by atoms with Crippen LogP contribution >= 0.6 is 0 Å². The van der Waals surface area contributed by atoms with Gasteiger partial charge in [-0.1, -0.05) is 25.1 Å². The quantitative estimate of drug-likeness (QED) is 0.464. The minimum absolute atomic E-state index is 0.106. The van der Waals surface area contributed by atoms with Crippen molar-refractivity contribution < 1.29 is 13.9 Å². The normalized spacial score (nSPS) is 10.5. The van der Waals surface area contributed by atoms with Crippen LogP contribution in [0.4, 0.5) is 10.1 Å². The van der Waals surface area contributed by atoms with Gasteiger partial charge in [-0.15, -0.1) is 0 Å². The fourth-order valence-corrected chi connectivity index (χ4v) is 2.94. The van der Waals surface area contributed by atoms with Crippen molar-refractivity contribution in [1.29, 1.82) is 0 Å². The van der Waals surface area contributed by atoms with E-state index in [0.29, 0.717) is 29.2 Å². The summed E-state index contributed by atoms with van der Waals surface area (Å²) in [5.41, 5.74) is 2.11. The molecular weight excluding hydrogens is 395 g/mol. The van der Waals surface area contributed by atoms with Crippen LogP contribution in [0.15, 0.2) is 79.1 Å². The molecule has 0 atom stereocenters. The number of amides is 1. The first-order valence-corrected chi connectivity index (χ1v) is 9.75. The van der Waals surface area contributed by atoms with Crippen LogP contribution in [0.3, 0.4) is 0 Å². The highest BCUT2D eigenvalue weighted by atomic mass is 19.1. The molecule has 0 aliphatic carbocycles. The number of para-hydroxylation sites is 1. The number of hydrogen-bond acceptors (Lipinski definition) is 5. The predicted octanol–water partition coefficient (Wildman–Crippen LogP) is 5.28. The number of halogens is 1. The molecule has 0 spiro atoms. The van der Waals surface area contributed by atoms with Gasteiger partial charge in [-0.2, -0.15) is 0 Å². The van der Waals surface area contributed by atoms with Crippen molar-refractivity contribution in [3.05, 3.63) is 96.3 Å². The van der Waals surface area contributed by atoms with Gasteiger partial charge in [0.25, 0.3) is 5.91 Å². The van der Waals surface area contributed by atoms with Crippen molar-refractivity contribution in [1.82, 2.24) is 15.0 Å². The second-order valence-corrected chi connectivity index (χ2v) is 6.64. The topological polar surface area (TPSA) is 77.0 Å². The molecule has 2 aromatic carbocycles. The van der Waals surface area contributed by atoms with E-state index >= 15 is 0 Å². The number of nitrogens with zero attached hydrogens (tertiary/aromatic N) is 3. The highest BCUT2D eigenvalue weighted by Gasteiger charge is 2.15. The molecule has 0 bridgehead atoms. The van der Waals surface area contributed by atoms with Crippen LogP contribution < -0.4 is 10.1 Å². The molecule has 31 heavy (non-hydrogen) atoms. The summed E-state index contributed by atoms with van der Waals surface area (Å²) in [6, 6.07) is 18.2. The van der Waals surface area contributed by atoms with Crippen molar-refractivity contribution in [2.75, 3.05) is 5.32 Å². The first kappa shape index (κ1) is 20.2. The zero-order valence-corrected chi connectivity index (χ0v) is 16.7. The Morgan fingerprint density at radius 3 is 2.65 bits per heavy atom. The molecule has 0 fully saturated rings. The smallest absolute Gasteiger partial charge is 0.255 e. The highest BCUT2D eigenvalue weighted by molar-refractivity contribution is 6.04. The summed E-state index contributed by atoms with van der Waals surface area (Å²) < 4.78 is 20.3. The van der Waals surface area contributed by atoms with Gasteiger partial charge in [-0.05, 0) is 48.5 Å². The number of carbonyl (C=O) groups excluding carboxylic acids is 1. The van der Waals surface area contributed by atoms with Gasteiger partial charge in [0.15, 0.2) is 11.6 Å². The Morgan fingerprint density at radius 2 is 1.84 bits per heavy atom. The minimum atomic E-state index is -0.607. The molecule has 154 valence electrons. The standard InChI is InChI=1S/C24H19FN4O2/c1-2-22-26-14-12-20(29-22)18-9-6-13-27-24(18)31-21-15-16(10-11-19(21)25)23(30)28-17-7-4-3-5-8-17/h3-15H,2H2,1H3,(H,28,30). The molecule has 0 aliphatic heterocycles. The highest BCUT2D eigenvalue weighted by Crippen LogP contribution is 2.32. The molecule has 7 heteroatoms. The molecule has 4 rings (SSSR count). The first-order chi connectivity index (χ1) is 15.1. The third kappa shape index (κ3) is 4.72. The van der Waals surface area contributed by atoms with Crippen LogP contribution in [0.2, 0.25) is 0 Å². The lowest BCUT2D eigenvalue weighted by molar-refractivity contribution is 0.102. The SMILES string of the molecule is CCc1nccc(-c2cccnc2Oc2cc(C(=O)Nc3ccccc3)ccc2F)n1. The van der Waals surface area contributed by atoms with Gasteiger partial charge < -0.3 is 10.1 Å². The van der Waals surface area contributed by atoms with Gasteiger partial charge in [-0.3, -0.25) is 4.79 Å². The van der Waals surface area contributed by atoms with E-state index in [9.17, 15) is 9.18 Å². The second kappa shape index (κ2) is 9.13. The Hall–Kier alpha value is -4.13. The van der Waals surface area contributed by atoms with E-state index in [1.165, 1.54) is 18.2 Å². The summed E-state index contributed by atoms with van der Waals surface area (Å²) in [5.74, 6) is -0.225. The number of anilines is 1. The van der Waals surface area contributed by atoms with Crippen molar-refractivity contribution in [2.24, 2.45) is 0 Å². The molecule has 2 heterocycles. The third-order valence-corrected chi connectivity index (χ3v) is 4.50. The monoisotopic (exact) mass is 414 g/mol. The summed E-state index contributed by atoms with van der Waals surface area (Å²) in [5, 5.41) is 2.77. The second-order valence-electron chi connectivity index (χ2n) is 6.64. The number of pyridine rings is 1. The number of nitrogens with one attached hydrogen (secondary N) is 1. The van der Waals surface area contributed by atoms with E-state index in [1.54, 1.807) is 42.7 Å². The summed E-state index contributed by atoms with van der Waals surface area (Å²) in [6.07, 6.45) is 3.88. The number of benzene rings is 2. The Kier molecular flexibility index (Phi) is 5.93. The van der Waals surface area contributed by atoms with Crippen LogP contribution in [-0.4, -0.2) is 20.9 Å². The number of aromatic nitrogens is 3. The number of aryl methyl sites for hydroxylation is 1. The van der Waals surface area contributed by atoms with Gasteiger partial charge in [-0.25, -0.2) is 19.3 Å². The lowest BCUT2D eigenvalue weighted by Gasteiger charge is -2.12. The lowest BCUT2D eigenvalue weighted by Crippen LogP contribution is -2.12. The Balaban J connectivity index is 1.63. The molecule has 0 saturated carbocycles. The van der Waals surface area contributed by atoms with Gasteiger partial charge >= 0.3 is 0 Å². The third-order valence-electron chi connectivity index (χ3n) is 4.50. The zero-order valence-electron chi connectivity index (χ0n) is 16.7. The van der Waals surface area contributed by atoms with Crippen LogP contribution in [-0.2, 0) is 6.42 Å². The lowest BCUT2D eigenvalue weighted by atomic mass is 10.1. The first-order valence-electron chi connectivity index (χ1n) is 9.75. The molecule has 0 saturated heterocycles. The van der Waals surface area contributed by atoms with Gasteiger partial charge in [0.05, 0.1) is 11.3 Å². The number of hydrogen-bond donors (Lipinski definition) is 1. The summed E-state index contributed by atoms with van der Waals surface area (Å²) in [4.78, 5) is 25.5. The van der Waals surface area contributed by atoms with Crippen molar-refractivity contribution in [3.63, 3.8) is 0 Å². The fraction of sp³-hybridized carbons (Fsp3) is 0.0833. The van der Waals surface area contributed by atoms with E-state index in [4.69, 9.17) is 4.74 Å². The van der Waals surface area contributed by atoms with E-state index in [-0.39, 0.29) is 23.1 Å². The predicted molar refractivity (Wildman–Crippen MR) is 116 cm³/mol. The molecule has 1 N–H and O–H groups in total. The summed E-state index contributed by atoms with van der Waals surface area (Å²) in [7, 11) is 0. The van der Waals surface area contributed by atoms with Gasteiger partial charge in [0.2, 0.25) is 5.88 Å². The molecule has 1 amide bonds.